The fourth-order valence-corrected chi connectivity index (χ4v) is 1.79. The Labute approximate surface area is 148 Å². The van der Waals surface area contributed by atoms with Gasteiger partial charge in [-0.1, -0.05) is 27.7 Å². The number of carboxylic acids is 3. The van der Waals surface area contributed by atoms with Crippen LogP contribution in [0.25, 0.3) is 0 Å². The van der Waals surface area contributed by atoms with Gasteiger partial charge in [0.05, 0.1) is 0 Å². The summed E-state index contributed by atoms with van der Waals surface area (Å²) in [6.07, 6.45) is 2.33. The van der Waals surface area contributed by atoms with Gasteiger partial charge in [-0.25, -0.2) is 0 Å². The minimum Gasteiger partial charge on any atom is -0.480 e. The molecule has 9 nitrogen and oxygen atoms in total. The highest BCUT2D eigenvalue weighted by molar-refractivity contribution is 5.74. The zero-order chi connectivity index (χ0) is 20.2. The van der Waals surface area contributed by atoms with Gasteiger partial charge in [0, 0.05) is 0 Å². The summed E-state index contributed by atoms with van der Waals surface area (Å²) in [7, 11) is 0. The third-order valence-corrected chi connectivity index (χ3v) is 3.40. The largest absolute Gasteiger partial charge is 0.480 e. The summed E-state index contributed by atoms with van der Waals surface area (Å²) in [5.41, 5.74) is 10.4. The molecule has 1 fully saturated rings. The van der Waals surface area contributed by atoms with E-state index in [9.17, 15) is 14.4 Å². The molecule has 0 saturated carbocycles. The summed E-state index contributed by atoms with van der Waals surface area (Å²) in [6, 6.07) is -1.67. The summed E-state index contributed by atoms with van der Waals surface area (Å²) < 4.78 is 0. The molecule has 0 radical (unpaired) electrons. The van der Waals surface area contributed by atoms with Gasteiger partial charge in [-0.05, 0) is 37.6 Å². The molecule has 0 aromatic rings. The van der Waals surface area contributed by atoms with Gasteiger partial charge in [-0.2, -0.15) is 0 Å². The van der Waals surface area contributed by atoms with Crippen LogP contribution in [0.15, 0.2) is 0 Å². The Hall–Kier alpha value is -1.71. The minimum atomic E-state index is -0.931. The second-order valence-corrected chi connectivity index (χ2v) is 6.67. The fourth-order valence-electron chi connectivity index (χ4n) is 1.79. The van der Waals surface area contributed by atoms with Crippen LogP contribution in [0.4, 0.5) is 0 Å². The molecule has 8 N–H and O–H groups in total. The number of hydrogen-bond donors (Lipinski definition) is 6. The van der Waals surface area contributed by atoms with Crippen LogP contribution in [-0.4, -0.2) is 57.9 Å². The molecule has 9 heteroatoms. The van der Waals surface area contributed by atoms with Crippen LogP contribution in [0.5, 0.6) is 0 Å². The number of carbonyl (C=O) groups is 3. The normalized spacial score (nSPS) is 18.5. The number of nitrogens with one attached hydrogen (secondary N) is 1. The van der Waals surface area contributed by atoms with Crippen LogP contribution in [-0.2, 0) is 14.4 Å². The predicted molar refractivity (Wildman–Crippen MR) is 94.2 cm³/mol. The lowest BCUT2D eigenvalue weighted by atomic mass is 10.1. The van der Waals surface area contributed by atoms with Crippen LogP contribution in [0.2, 0.25) is 0 Å². The van der Waals surface area contributed by atoms with Crippen LogP contribution in [0.1, 0.15) is 47.0 Å². The number of carboxylic acid groups (broad SMARTS) is 3. The highest BCUT2D eigenvalue weighted by Gasteiger charge is 2.20. The van der Waals surface area contributed by atoms with E-state index in [0.29, 0.717) is 12.3 Å². The molecule has 0 amide bonds. The van der Waals surface area contributed by atoms with Crippen molar-refractivity contribution in [1.29, 1.82) is 0 Å². The van der Waals surface area contributed by atoms with Crippen LogP contribution < -0.4 is 16.8 Å². The molecular formula is C16H33N3O6. The Kier molecular flexibility index (Phi) is 13.9. The molecule has 25 heavy (non-hydrogen) atoms. The van der Waals surface area contributed by atoms with Gasteiger partial charge in [0.25, 0.3) is 0 Å². The van der Waals surface area contributed by atoms with Gasteiger partial charge in [-0.3, -0.25) is 14.4 Å². The van der Waals surface area contributed by atoms with Crippen LogP contribution >= 0.6 is 0 Å². The van der Waals surface area contributed by atoms with Crippen LogP contribution in [0, 0.1) is 11.8 Å². The number of hydrogen-bond acceptors (Lipinski definition) is 6. The predicted octanol–water partition coefficient (Wildman–Crippen LogP) is 0.322. The molecule has 0 aliphatic carbocycles. The van der Waals surface area contributed by atoms with E-state index < -0.39 is 30.0 Å². The second kappa shape index (κ2) is 13.6. The van der Waals surface area contributed by atoms with E-state index in [-0.39, 0.29) is 12.0 Å². The van der Waals surface area contributed by atoms with E-state index in [2.05, 4.69) is 5.32 Å². The van der Waals surface area contributed by atoms with Gasteiger partial charge < -0.3 is 32.1 Å². The van der Waals surface area contributed by atoms with Gasteiger partial charge in [-0.15, -0.1) is 0 Å². The fraction of sp³-hybridized carbons (Fsp3) is 0.812. The molecule has 1 aliphatic heterocycles. The lowest BCUT2D eigenvalue weighted by Gasteiger charge is -2.07. The quantitative estimate of drug-likeness (QED) is 0.388. The Morgan fingerprint density at radius 3 is 1.68 bits per heavy atom. The van der Waals surface area contributed by atoms with E-state index >= 15 is 0 Å². The first-order valence-corrected chi connectivity index (χ1v) is 8.33. The zero-order valence-electron chi connectivity index (χ0n) is 15.4. The topological polar surface area (TPSA) is 176 Å². The van der Waals surface area contributed by atoms with Gasteiger partial charge in [0.15, 0.2) is 0 Å². The van der Waals surface area contributed by atoms with E-state index in [4.69, 9.17) is 26.8 Å². The van der Waals surface area contributed by atoms with E-state index in [1.54, 1.807) is 13.8 Å². The average molecular weight is 363 g/mol. The molecule has 1 aliphatic rings. The van der Waals surface area contributed by atoms with Gasteiger partial charge >= 0.3 is 17.9 Å². The van der Waals surface area contributed by atoms with E-state index in [0.717, 1.165) is 19.4 Å². The molecule has 0 unspecified atom stereocenters. The van der Waals surface area contributed by atoms with Crippen molar-refractivity contribution in [3.63, 3.8) is 0 Å². The Morgan fingerprint density at radius 2 is 1.56 bits per heavy atom. The molecule has 148 valence electrons. The summed E-state index contributed by atoms with van der Waals surface area (Å²) in [5, 5.41) is 27.7. The first-order valence-electron chi connectivity index (χ1n) is 8.33. The summed E-state index contributed by atoms with van der Waals surface area (Å²) >= 11 is 0. The van der Waals surface area contributed by atoms with Crippen molar-refractivity contribution < 1.29 is 29.7 Å². The molecule has 3 atom stereocenters. The van der Waals surface area contributed by atoms with Crippen molar-refractivity contribution in [2.24, 2.45) is 23.3 Å². The lowest BCUT2D eigenvalue weighted by molar-refractivity contribution is -0.140. The van der Waals surface area contributed by atoms with E-state index in [1.807, 2.05) is 13.8 Å². The molecule has 0 aromatic carbocycles. The number of nitrogens with two attached hydrogens (primary N) is 2. The molecule has 1 saturated heterocycles. The second-order valence-electron chi connectivity index (χ2n) is 6.67. The lowest BCUT2D eigenvalue weighted by Crippen LogP contribution is -2.34. The number of rotatable bonds is 6. The summed E-state index contributed by atoms with van der Waals surface area (Å²) in [5.74, 6) is -2.19. The first kappa shape index (κ1) is 25.5. The molecule has 0 aromatic heterocycles. The van der Waals surface area contributed by atoms with Crippen molar-refractivity contribution in [2.75, 3.05) is 6.54 Å². The molecule has 0 bridgehead atoms. The molecule has 1 heterocycles. The SMILES string of the molecule is CC(C)C[C@H](N)C(=O)O.CC(C)[C@H](N)C(=O)O.O=C(O)[C@@H]1CCCN1. The third kappa shape index (κ3) is 14.3. The smallest absolute Gasteiger partial charge is 0.320 e. The molecular weight excluding hydrogens is 330 g/mol. The van der Waals surface area contributed by atoms with Gasteiger partial charge in [0.1, 0.15) is 18.1 Å². The standard InChI is InChI=1S/C6H13NO2.C5H9NO2.C5H11NO2/c1-4(2)3-5(7)6(8)9;7-5(8)4-2-1-3-6-4;1-3(2)4(6)5(7)8/h4-5H,3,7H2,1-2H3,(H,8,9);4,6H,1-3H2,(H,7,8);3-4H,6H2,1-2H3,(H,7,8)/t5-;2*4-/m000/s1. The Balaban J connectivity index is 0. The molecule has 1 rings (SSSR count). The molecule has 0 spiro atoms. The summed E-state index contributed by atoms with van der Waals surface area (Å²) in [6.45, 7) is 8.31. The first-order chi connectivity index (χ1) is 11.4. The third-order valence-electron chi connectivity index (χ3n) is 3.40. The maximum atomic E-state index is 10.1. The maximum absolute atomic E-state index is 10.1. The highest BCUT2D eigenvalue weighted by atomic mass is 16.4. The van der Waals surface area contributed by atoms with Gasteiger partial charge in [0.2, 0.25) is 0 Å². The summed E-state index contributed by atoms with van der Waals surface area (Å²) in [4.78, 5) is 30.3. The van der Waals surface area contributed by atoms with Crippen molar-refractivity contribution >= 4 is 17.9 Å². The maximum Gasteiger partial charge on any atom is 0.320 e. The van der Waals surface area contributed by atoms with Crippen molar-refractivity contribution in [3.05, 3.63) is 0 Å². The van der Waals surface area contributed by atoms with Crippen molar-refractivity contribution in [1.82, 2.24) is 5.32 Å². The van der Waals surface area contributed by atoms with Crippen molar-refractivity contribution in [3.8, 4) is 0 Å². The monoisotopic (exact) mass is 363 g/mol. The Morgan fingerprint density at radius 1 is 1.04 bits per heavy atom. The number of aliphatic carboxylic acids is 3. The van der Waals surface area contributed by atoms with E-state index in [1.165, 1.54) is 0 Å². The highest BCUT2D eigenvalue weighted by Crippen LogP contribution is 2.03. The van der Waals surface area contributed by atoms with Crippen molar-refractivity contribution in [2.45, 2.75) is 65.1 Å². The Bertz CT molecular complexity index is 397. The zero-order valence-corrected chi connectivity index (χ0v) is 15.4. The minimum absolute atomic E-state index is 0.0208. The van der Waals surface area contributed by atoms with Crippen LogP contribution in [0.3, 0.4) is 0 Å². The average Bonchev–Trinajstić information content (AvgIpc) is 3.01.